The van der Waals surface area contributed by atoms with Crippen molar-refractivity contribution in [1.29, 1.82) is 0 Å². The Hall–Kier alpha value is -1.42. The van der Waals surface area contributed by atoms with Gasteiger partial charge in [0, 0.05) is 18.6 Å². The highest BCUT2D eigenvalue weighted by molar-refractivity contribution is 6.00. The molecule has 0 aliphatic carbocycles. The molecule has 0 amide bonds. The maximum atomic E-state index is 12.9. The van der Waals surface area contributed by atoms with E-state index in [9.17, 15) is 9.18 Å². The zero-order chi connectivity index (χ0) is 10.6. The summed E-state index contributed by atoms with van der Waals surface area (Å²) in [6.07, 6.45) is 0.555. The number of para-hydroxylation sites is 1. The van der Waals surface area contributed by atoms with Gasteiger partial charge in [0.1, 0.15) is 5.82 Å². The fourth-order valence-electron chi connectivity index (χ4n) is 1.15. The molecule has 76 valence electrons. The fraction of sp³-hybridized carbons (Fsp3) is 0.300. The van der Waals surface area contributed by atoms with Crippen LogP contribution in [-0.2, 0) is 0 Å². The standard InChI is InChI=1S/C10H12FNO2/c11-8-4-1-3-7(10(8)12)9(14)5-2-6-13/h1,3-4,13H,2,5-6,12H2. The minimum Gasteiger partial charge on any atom is -0.396 e. The first-order valence-corrected chi connectivity index (χ1v) is 4.35. The zero-order valence-corrected chi connectivity index (χ0v) is 7.66. The molecular formula is C10H12FNO2. The van der Waals surface area contributed by atoms with E-state index in [0.29, 0.717) is 6.42 Å². The largest absolute Gasteiger partial charge is 0.396 e. The summed E-state index contributed by atoms with van der Waals surface area (Å²) in [6, 6.07) is 4.13. The third-order valence-corrected chi connectivity index (χ3v) is 1.92. The average Bonchev–Trinajstić information content (AvgIpc) is 2.18. The van der Waals surface area contributed by atoms with Gasteiger partial charge in [0.2, 0.25) is 0 Å². The summed E-state index contributed by atoms with van der Waals surface area (Å²) in [5.74, 6) is -0.823. The Morgan fingerprint density at radius 3 is 2.86 bits per heavy atom. The van der Waals surface area contributed by atoms with Gasteiger partial charge in [0.15, 0.2) is 5.78 Å². The van der Waals surface area contributed by atoms with Crippen LogP contribution < -0.4 is 5.73 Å². The maximum absolute atomic E-state index is 12.9. The molecule has 4 heteroatoms. The van der Waals surface area contributed by atoms with Gasteiger partial charge in [-0.05, 0) is 18.6 Å². The smallest absolute Gasteiger partial charge is 0.165 e. The van der Waals surface area contributed by atoms with Gasteiger partial charge in [0.25, 0.3) is 0 Å². The van der Waals surface area contributed by atoms with Gasteiger partial charge in [0.05, 0.1) is 5.69 Å². The van der Waals surface area contributed by atoms with Crippen molar-refractivity contribution in [2.24, 2.45) is 0 Å². The lowest BCUT2D eigenvalue weighted by Crippen LogP contribution is -2.06. The normalized spacial score (nSPS) is 10.1. The first kappa shape index (κ1) is 10.7. The Morgan fingerprint density at radius 2 is 2.21 bits per heavy atom. The monoisotopic (exact) mass is 197 g/mol. The molecule has 0 aromatic heterocycles. The molecule has 0 aliphatic heterocycles. The Labute approximate surface area is 81.4 Å². The number of benzene rings is 1. The quantitative estimate of drug-likeness (QED) is 0.566. The van der Waals surface area contributed by atoms with Crippen LogP contribution in [0.5, 0.6) is 0 Å². The van der Waals surface area contributed by atoms with Crippen LogP contribution >= 0.6 is 0 Å². The molecule has 0 heterocycles. The molecule has 0 saturated carbocycles. The van der Waals surface area contributed by atoms with Crippen molar-refractivity contribution in [3.8, 4) is 0 Å². The molecule has 0 atom stereocenters. The molecule has 0 spiro atoms. The summed E-state index contributed by atoms with van der Waals surface area (Å²) >= 11 is 0. The van der Waals surface area contributed by atoms with Gasteiger partial charge in [-0.25, -0.2) is 4.39 Å². The number of halogens is 1. The van der Waals surface area contributed by atoms with Crippen LogP contribution in [-0.4, -0.2) is 17.5 Å². The number of ketones is 1. The van der Waals surface area contributed by atoms with Crippen molar-refractivity contribution in [2.45, 2.75) is 12.8 Å². The maximum Gasteiger partial charge on any atom is 0.165 e. The van der Waals surface area contributed by atoms with E-state index in [2.05, 4.69) is 0 Å². The lowest BCUT2D eigenvalue weighted by atomic mass is 10.0. The number of nitrogen functional groups attached to an aromatic ring is 1. The van der Waals surface area contributed by atoms with E-state index in [0.717, 1.165) is 0 Å². The highest BCUT2D eigenvalue weighted by Crippen LogP contribution is 2.17. The highest BCUT2D eigenvalue weighted by atomic mass is 19.1. The Morgan fingerprint density at radius 1 is 1.50 bits per heavy atom. The summed E-state index contributed by atoms with van der Waals surface area (Å²) < 4.78 is 12.9. The fourth-order valence-corrected chi connectivity index (χ4v) is 1.15. The molecule has 0 unspecified atom stereocenters. The number of nitrogens with two attached hydrogens (primary N) is 1. The summed E-state index contributed by atoms with van der Waals surface area (Å²) in [5, 5.41) is 8.53. The van der Waals surface area contributed by atoms with Gasteiger partial charge < -0.3 is 10.8 Å². The van der Waals surface area contributed by atoms with Crippen LogP contribution in [0.1, 0.15) is 23.2 Å². The number of carbonyl (C=O) groups is 1. The molecule has 0 bridgehead atoms. The number of anilines is 1. The highest BCUT2D eigenvalue weighted by Gasteiger charge is 2.11. The van der Waals surface area contributed by atoms with Crippen LogP contribution in [0.25, 0.3) is 0 Å². The Kier molecular flexibility index (Phi) is 3.59. The average molecular weight is 197 g/mol. The van der Waals surface area contributed by atoms with Crippen LogP contribution in [0, 0.1) is 5.82 Å². The molecule has 1 aromatic carbocycles. The lowest BCUT2D eigenvalue weighted by Gasteiger charge is -2.04. The minimum absolute atomic E-state index is 0.0546. The molecule has 3 nitrogen and oxygen atoms in total. The molecule has 0 saturated heterocycles. The first-order chi connectivity index (χ1) is 6.66. The molecule has 3 N–H and O–H groups in total. The summed E-state index contributed by atoms with van der Waals surface area (Å²) in [7, 11) is 0. The minimum atomic E-state index is -0.583. The number of Topliss-reactive ketones (excluding diaryl/α,β-unsaturated/α-hetero) is 1. The van der Waals surface area contributed by atoms with E-state index in [1.807, 2.05) is 0 Å². The third-order valence-electron chi connectivity index (χ3n) is 1.92. The van der Waals surface area contributed by atoms with Crippen LogP contribution in [0.4, 0.5) is 10.1 Å². The number of hydrogen-bond donors (Lipinski definition) is 2. The Balaban J connectivity index is 2.84. The van der Waals surface area contributed by atoms with E-state index in [1.54, 1.807) is 0 Å². The van der Waals surface area contributed by atoms with Gasteiger partial charge in [-0.3, -0.25) is 4.79 Å². The van der Waals surface area contributed by atoms with Crippen LogP contribution in [0.2, 0.25) is 0 Å². The number of aliphatic hydroxyl groups excluding tert-OH is 1. The van der Waals surface area contributed by atoms with E-state index >= 15 is 0 Å². The van der Waals surface area contributed by atoms with Crippen LogP contribution in [0.15, 0.2) is 18.2 Å². The van der Waals surface area contributed by atoms with Crippen molar-refractivity contribution in [3.05, 3.63) is 29.6 Å². The SMILES string of the molecule is Nc1c(F)cccc1C(=O)CCCO. The van der Waals surface area contributed by atoms with Gasteiger partial charge in [-0.1, -0.05) is 6.07 Å². The number of hydrogen-bond acceptors (Lipinski definition) is 3. The first-order valence-electron chi connectivity index (χ1n) is 4.35. The van der Waals surface area contributed by atoms with Gasteiger partial charge >= 0.3 is 0 Å². The van der Waals surface area contributed by atoms with Crippen LogP contribution in [0.3, 0.4) is 0 Å². The van der Waals surface area contributed by atoms with E-state index in [-0.39, 0.29) is 30.1 Å². The summed E-state index contributed by atoms with van der Waals surface area (Å²) in [5.41, 5.74) is 5.47. The Bertz CT molecular complexity index is 339. The predicted octanol–water partition coefficient (Wildman–Crippen LogP) is 1.36. The molecular weight excluding hydrogens is 185 g/mol. The second-order valence-electron chi connectivity index (χ2n) is 2.95. The molecule has 0 aliphatic rings. The third kappa shape index (κ3) is 2.29. The number of rotatable bonds is 4. The number of carbonyl (C=O) groups excluding carboxylic acids is 1. The summed E-state index contributed by atoms with van der Waals surface area (Å²) in [4.78, 5) is 11.4. The molecule has 0 radical (unpaired) electrons. The van der Waals surface area contributed by atoms with E-state index in [1.165, 1.54) is 18.2 Å². The van der Waals surface area contributed by atoms with E-state index in [4.69, 9.17) is 10.8 Å². The molecule has 1 aromatic rings. The zero-order valence-electron chi connectivity index (χ0n) is 7.66. The number of aliphatic hydroxyl groups is 1. The van der Waals surface area contributed by atoms with Crippen molar-refractivity contribution < 1.29 is 14.3 Å². The second kappa shape index (κ2) is 4.72. The van der Waals surface area contributed by atoms with Crippen molar-refractivity contribution in [3.63, 3.8) is 0 Å². The second-order valence-corrected chi connectivity index (χ2v) is 2.95. The summed E-state index contributed by atoms with van der Waals surface area (Å²) in [6.45, 7) is -0.0546. The molecule has 14 heavy (non-hydrogen) atoms. The lowest BCUT2D eigenvalue weighted by molar-refractivity contribution is 0.0972. The predicted molar refractivity (Wildman–Crippen MR) is 51.5 cm³/mol. The van der Waals surface area contributed by atoms with Gasteiger partial charge in [-0.2, -0.15) is 0 Å². The van der Waals surface area contributed by atoms with Crippen molar-refractivity contribution in [2.75, 3.05) is 12.3 Å². The van der Waals surface area contributed by atoms with Gasteiger partial charge in [-0.15, -0.1) is 0 Å². The molecule has 1 rings (SSSR count). The topological polar surface area (TPSA) is 63.3 Å². The molecule has 0 fully saturated rings. The van der Waals surface area contributed by atoms with E-state index < -0.39 is 5.82 Å². The van der Waals surface area contributed by atoms with Crippen molar-refractivity contribution in [1.82, 2.24) is 0 Å². The van der Waals surface area contributed by atoms with Crippen molar-refractivity contribution >= 4 is 11.5 Å².